The molecule has 146 valence electrons. The number of hydrogen-bond donors (Lipinski definition) is 2. The van der Waals surface area contributed by atoms with Gasteiger partial charge in [-0.3, -0.25) is 4.79 Å². The van der Waals surface area contributed by atoms with Gasteiger partial charge in [0.1, 0.15) is 5.00 Å². The van der Waals surface area contributed by atoms with Crippen molar-refractivity contribution in [1.29, 1.82) is 0 Å². The van der Waals surface area contributed by atoms with E-state index in [1.54, 1.807) is 11.3 Å². The quantitative estimate of drug-likeness (QED) is 0.480. The van der Waals surface area contributed by atoms with E-state index in [4.69, 9.17) is 0 Å². The van der Waals surface area contributed by atoms with Crippen molar-refractivity contribution in [1.82, 2.24) is 5.32 Å². The molecule has 0 aliphatic carbocycles. The van der Waals surface area contributed by atoms with Gasteiger partial charge in [0.2, 0.25) is 0 Å². The summed E-state index contributed by atoms with van der Waals surface area (Å²) in [7, 11) is 0. The van der Waals surface area contributed by atoms with E-state index in [1.165, 1.54) is 5.56 Å². The lowest BCUT2D eigenvalue weighted by Gasteiger charge is -2.09. The second kappa shape index (κ2) is 10.1. The van der Waals surface area contributed by atoms with Crippen LogP contribution < -0.4 is 10.6 Å². The lowest BCUT2D eigenvalue weighted by molar-refractivity contribution is 0.0955. The Hall–Kier alpha value is -2.59. The molecule has 0 fully saturated rings. The summed E-state index contributed by atoms with van der Waals surface area (Å²) in [6, 6.07) is 22.5. The minimum Gasteiger partial charge on any atom is -0.376 e. The Morgan fingerprint density at radius 1 is 0.964 bits per heavy atom. The molecule has 1 aromatic heterocycles. The molecule has 0 aliphatic rings. The fourth-order valence-electron chi connectivity index (χ4n) is 2.97. The predicted octanol–water partition coefficient (Wildman–Crippen LogP) is 5.85. The number of hydrogen-bond acceptors (Lipinski definition) is 3. The molecule has 1 amide bonds. The maximum atomic E-state index is 12.9. The maximum Gasteiger partial charge on any atom is 0.254 e. The number of anilines is 1. The first-order valence-electron chi connectivity index (χ1n) is 9.88. The second-order valence-electron chi connectivity index (χ2n) is 7.32. The van der Waals surface area contributed by atoms with Crippen molar-refractivity contribution in [3.63, 3.8) is 0 Å². The van der Waals surface area contributed by atoms with Crippen molar-refractivity contribution in [2.45, 2.75) is 26.7 Å². The van der Waals surface area contributed by atoms with Crippen LogP contribution in [0.5, 0.6) is 0 Å². The zero-order valence-corrected chi connectivity index (χ0v) is 17.4. The SMILES string of the molecule is CC(C)CCNc1sc(-c2ccccc2)cc1C(=O)NCCc1ccccc1. The molecule has 28 heavy (non-hydrogen) atoms. The molecule has 0 radical (unpaired) electrons. The molecule has 0 unspecified atom stereocenters. The molecule has 3 nitrogen and oxygen atoms in total. The highest BCUT2D eigenvalue weighted by Gasteiger charge is 2.16. The van der Waals surface area contributed by atoms with Crippen LogP contribution in [0.3, 0.4) is 0 Å². The highest BCUT2D eigenvalue weighted by atomic mass is 32.1. The standard InChI is InChI=1S/C24H28N2OS/c1-18(2)13-15-26-24-21(17-22(28-24)20-11-7-4-8-12-20)23(27)25-16-14-19-9-5-3-6-10-19/h3-12,17-18,26H,13-16H2,1-2H3,(H,25,27). The number of carbonyl (C=O) groups is 1. The van der Waals surface area contributed by atoms with E-state index in [2.05, 4.69) is 48.7 Å². The Morgan fingerprint density at radius 3 is 2.32 bits per heavy atom. The van der Waals surface area contributed by atoms with E-state index < -0.39 is 0 Å². The molecular weight excluding hydrogens is 364 g/mol. The van der Waals surface area contributed by atoms with Crippen LogP contribution in [0.1, 0.15) is 36.2 Å². The molecular formula is C24H28N2OS. The molecule has 2 aromatic carbocycles. The van der Waals surface area contributed by atoms with Gasteiger partial charge in [-0.1, -0.05) is 74.5 Å². The van der Waals surface area contributed by atoms with E-state index in [0.29, 0.717) is 12.5 Å². The van der Waals surface area contributed by atoms with Gasteiger partial charge in [0, 0.05) is 18.0 Å². The van der Waals surface area contributed by atoms with Crippen molar-refractivity contribution in [2.24, 2.45) is 5.92 Å². The van der Waals surface area contributed by atoms with Crippen LogP contribution in [0.25, 0.3) is 10.4 Å². The smallest absolute Gasteiger partial charge is 0.254 e. The van der Waals surface area contributed by atoms with Crippen molar-refractivity contribution in [3.05, 3.63) is 77.9 Å². The molecule has 2 N–H and O–H groups in total. The third kappa shape index (κ3) is 5.70. The highest BCUT2D eigenvalue weighted by Crippen LogP contribution is 2.35. The number of amides is 1. The molecule has 0 spiro atoms. The van der Waals surface area contributed by atoms with Crippen LogP contribution in [0, 0.1) is 5.92 Å². The lowest BCUT2D eigenvalue weighted by atomic mass is 10.1. The van der Waals surface area contributed by atoms with Crippen molar-refractivity contribution in [2.75, 3.05) is 18.4 Å². The third-order valence-corrected chi connectivity index (χ3v) is 5.73. The van der Waals surface area contributed by atoms with Gasteiger partial charge in [0.15, 0.2) is 0 Å². The van der Waals surface area contributed by atoms with E-state index in [1.807, 2.05) is 42.5 Å². The Morgan fingerprint density at radius 2 is 1.64 bits per heavy atom. The largest absolute Gasteiger partial charge is 0.376 e. The summed E-state index contributed by atoms with van der Waals surface area (Å²) >= 11 is 1.65. The first-order valence-corrected chi connectivity index (χ1v) is 10.7. The summed E-state index contributed by atoms with van der Waals surface area (Å²) in [5, 5.41) is 7.52. The molecule has 1 heterocycles. The fourth-order valence-corrected chi connectivity index (χ4v) is 4.06. The summed E-state index contributed by atoms with van der Waals surface area (Å²) in [6.45, 7) is 5.92. The van der Waals surface area contributed by atoms with Crippen LogP contribution >= 0.6 is 11.3 Å². The molecule has 0 saturated heterocycles. The molecule has 0 atom stereocenters. The molecule has 0 bridgehead atoms. The Labute approximate surface area is 171 Å². The monoisotopic (exact) mass is 392 g/mol. The zero-order chi connectivity index (χ0) is 19.8. The van der Waals surface area contributed by atoms with Gasteiger partial charge in [-0.05, 0) is 36.0 Å². The van der Waals surface area contributed by atoms with Crippen LogP contribution in [0.2, 0.25) is 0 Å². The van der Waals surface area contributed by atoms with Crippen LogP contribution in [0.15, 0.2) is 66.7 Å². The molecule has 3 rings (SSSR count). The van der Waals surface area contributed by atoms with Gasteiger partial charge < -0.3 is 10.6 Å². The van der Waals surface area contributed by atoms with Gasteiger partial charge in [0.25, 0.3) is 5.91 Å². The summed E-state index contributed by atoms with van der Waals surface area (Å²) in [4.78, 5) is 14.0. The van der Waals surface area contributed by atoms with Crippen molar-refractivity contribution >= 4 is 22.2 Å². The molecule has 0 aliphatic heterocycles. The van der Waals surface area contributed by atoms with E-state index in [0.717, 1.165) is 40.4 Å². The summed E-state index contributed by atoms with van der Waals surface area (Å²) in [6.07, 6.45) is 1.91. The van der Waals surface area contributed by atoms with Gasteiger partial charge in [0.05, 0.1) is 5.56 Å². The van der Waals surface area contributed by atoms with Crippen LogP contribution in [-0.2, 0) is 6.42 Å². The van der Waals surface area contributed by atoms with E-state index in [9.17, 15) is 4.79 Å². The number of nitrogens with one attached hydrogen (secondary N) is 2. The van der Waals surface area contributed by atoms with Gasteiger partial charge in [-0.15, -0.1) is 11.3 Å². The third-order valence-electron chi connectivity index (χ3n) is 4.58. The summed E-state index contributed by atoms with van der Waals surface area (Å²) in [5.41, 5.74) is 3.11. The first kappa shape index (κ1) is 20.2. The Balaban J connectivity index is 1.71. The second-order valence-corrected chi connectivity index (χ2v) is 8.37. The van der Waals surface area contributed by atoms with Gasteiger partial charge in [-0.2, -0.15) is 0 Å². The number of thiophene rings is 1. The maximum absolute atomic E-state index is 12.9. The van der Waals surface area contributed by atoms with E-state index >= 15 is 0 Å². The fraction of sp³-hybridized carbons (Fsp3) is 0.292. The number of carbonyl (C=O) groups excluding carboxylic acids is 1. The minimum absolute atomic E-state index is 0.0126. The van der Waals surface area contributed by atoms with Gasteiger partial charge in [-0.25, -0.2) is 0 Å². The Bertz CT molecular complexity index is 872. The molecule has 4 heteroatoms. The molecule has 3 aromatic rings. The zero-order valence-electron chi connectivity index (χ0n) is 16.6. The highest BCUT2D eigenvalue weighted by molar-refractivity contribution is 7.19. The van der Waals surface area contributed by atoms with Crippen LogP contribution in [0.4, 0.5) is 5.00 Å². The summed E-state index contributed by atoms with van der Waals surface area (Å²) in [5.74, 6) is 0.616. The minimum atomic E-state index is -0.0126. The average Bonchev–Trinajstić information content (AvgIpc) is 3.13. The normalized spacial score (nSPS) is 10.8. The topological polar surface area (TPSA) is 41.1 Å². The van der Waals surface area contributed by atoms with E-state index in [-0.39, 0.29) is 5.91 Å². The Kier molecular flexibility index (Phi) is 7.26. The molecule has 0 saturated carbocycles. The number of benzene rings is 2. The lowest BCUT2D eigenvalue weighted by Crippen LogP contribution is -2.26. The van der Waals surface area contributed by atoms with Crippen LogP contribution in [-0.4, -0.2) is 19.0 Å². The summed E-state index contributed by atoms with van der Waals surface area (Å²) < 4.78 is 0. The van der Waals surface area contributed by atoms with Crippen molar-refractivity contribution < 1.29 is 4.79 Å². The van der Waals surface area contributed by atoms with Crippen molar-refractivity contribution in [3.8, 4) is 10.4 Å². The van der Waals surface area contributed by atoms with Gasteiger partial charge >= 0.3 is 0 Å². The first-order chi connectivity index (χ1) is 13.6. The number of rotatable bonds is 9. The predicted molar refractivity (Wildman–Crippen MR) is 120 cm³/mol. The average molecular weight is 393 g/mol.